The largest absolute Gasteiger partial charge is 0.497 e. The molecule has 0 amide bonds. The van der Waals surface area contributed by atoms with Crippen LogP contribution in [0.3, 0.4) is 0 Å². The first kappa shape index (κ1) is 12.2. The van der Waals surface area contributed by atoms with E-state index < -0.39 is 0 Å². The third-order valence-corrected chi connectivity index (χ3v) is 3.96. The summed E-state index contributed by atoms with van der Waals surface area (Å²) in [6.07, 6.45) is 0. The zero-order valence-corrected chi connectivity index (χ0v) is 12.1. The molecule has 0 aliphatic heterocycles. The molecule has 0 spiro atoms. The maximum atomic E-state index is 5.20. The number of halogens is 1. The van der Waals surface area contributed by atoms with Crippen LogP contribution in [-0.2, 0) is 0 Å². The molecule has 0 heterocycles. The van der Waals surface area contributed by atoms with E-state index >= 15 is 0 Å². The van der Waals surface area contributed by atoms with E-state index in [2.05, 4.69) is 64.5 Å². The highest BCUT2D eigenvalue weighted by Crippen LogP contribution is 2.32. The van der Waals surface area contributed by atoms with Crippen LogP contribution in [0.5, 0.6) is 5.75 Å². The van der Waals surface area contributed by atoms with Crippen LogP contribution in [-0.4, -0.2) is 7.11 Å². The smallest absolute Gasteiger partial charge is 0.118 e. The monoisotopic (exact) mass is 312 g/mol. The van der Waals surface area contributed by atoms with Gasteiger partial charge in [-0.3, -0.25) is 0 Å². The van der Waals surface area contributed by atoms with Crippen molar-refractivity contribution < 1.29 is 4.74 Å². The van der Waals surface area contributed by atoms with E-state index in [0.29, 0.717) is 0 Å². The van der Waals surface area contributed by atoms with Gasteiger partial charge in [-0.05, 0) is 40.1 Å². The third kappa shape index (κ3) is 2.24. The Morgan fingerprint density at radius 2 is 1.47 bits per heavy atom. The fourth-order valence-corrected chi connectivity index (χ4v) is 2.79. The van der Waals surface area contributed by atoms with Gasteiger partial charge >= 0.3 is 0 Å². The number of benzene rings is 3. The normalized spacial score (nSPS) is 10.6. The summed E-state index contributed by atoms with van der Waals surface area (Å²) in [5.41, 5.74) is 2.44. The van der Waals surface area contributed by atoms with E-state index in [-0.39, 0.29) is 0 Å². The molecule has 1 nitrogen and oxygen atoms in total. The first-order valence-corrected chi connectivity index (χ1v) is 6.90. The number of methoxy groups -OCH3 is 1. The average Bonchev–Trinajstić information content (AvgIpc) is 2.47. The van der Waals surface area contributed by atoms with Crippen LogP contribution in [0.2, 0.25) is 0 Å². The van der Waals surface area contributed by atoms with E-state index in [9.17, 15) is 0 Å². The lowest BCUT2D eigenvalue weighted by Crippen LogP contribution is -1.84. The van der Waals surface area contributed by atoms with Crippen LogP contribution >= 0.6 is 15.9 Å². The zero-order valence-electron chi connectivity index (χ0n) is 10.6. The van der Waals surface area contributed by atoms with Crippen molar-refractivity contribution >= 4 is 26.7 Å². The van der Waals surface area contributed by atoms with Crippen LogP contribution in [0.4, 0.5) is 0 Å². The van der Waals surface area contributed by atoms with Gasteiger partial charge in [0.15, 0.2) is 0 Å². The van der Waals surface area contributed by atoms with Crippen molar-refractivity contribution in [3.05, 3.63) is 65.1 Å². The van der Waals surface area contributed by atoms with Crippen molar-refractivity contribution in [3.63, 3.8) is 0 Å². The minimum atomic E-state index is 0.880. The highest BCUT2D eigenvalue weighted by molar-refractivity contribution is 9.10. The maximum Gasteiger partial charge on any atom is 0.118 e. The summed E-state index contributed by atoms with van der Waals surface area (Å²) < 4.78 is 6.33. The van der Waals surface area contributed by atoms with Gasteiger partial charge in [0.25, 0.3) is 0 Å². The summed E-state index contributed by atoms with van der Waals surface area (Å²) in [5.74, 6) is 0.880. The van der Waals surface area contributed by atoms with E-state index in [1.165, 1.54) is 21.9 Å². The first-order valence-electron chi connectivity index (χ1n) is 6.11. The molecule has 0 bridgehead atoms. The summed E-state index contributed by atoms with van der Waals surface area (Å²) in [5, 5.41) is 2.48. The molecule has 0 aromatic heterocycles. The van der Waals surface area contributed by atoms with Crippen molar-refractivity contribution in [2.75, 3.05) is 7.11 Å². The Morgan fingerprint density at radius 3 is 2.21 bits per heavy atom. The molecule has 3 aromatic carbocycles. The Balaban J connectivity index is 2.21. The van der Waals surface area contributed by atoms with Crippen LogP contribution in [0.1, 0.15) is 0 Å². The van der Waals surface area contributed by atoms with E-state index in [0.717, 1.165) is 10.2 Å². The molecule has 3 aromatic rings. The molecule has 0 unspecified atom stereocenters. The Bertz CT molecular complexity index is 717. The number of hydrogen-bond acceptors (Lipinski definition) is 1. The minimum absolute atomic E-state index is 0.880. The lowest BCUT2D eigenvalue weighted by molar-refractivity contribution is 0.415. The average molecular weight is 313 g/mol. The van der Waals surface area contributed by atoms with Gasteiger partial charge in [-0.2, -0.15) is 0 Å². The topological polar surface area (TPSA) is 9.23 Å². The van der Waals surface area contributed by atoms with Crippen LogP contribution in [0.15, 0.2) is 65.1 Å². The second-order valence-corrected chi connectivity index (χ2v) is 5.22. The second kappa shape index (κ2) is 5.06. The summed E-state index contributed by atoms with van der Waals surface area (Å²) in [7, 11) is 1.68. The highest BCUT2D eigenvalue weighted by atomic mass is 79.9. The van der Waals surface area contributed by atoms with Gasteiger partial charge in [-0.25, -0.2) is 0 Å². The maximum absolute atomic E-state index is 5.20. The number of rotatable bonds is 2. The molecule has 94 valence electrons. The molecule has 0 atom stereocenters. The molecular formula is C17H13BrO. The van der Waals surface area contributed by atoms with Crippen LogP contribution in [0, 0.1) is 0 Å². The molecule has 0 radical (unpaired) electrons. The van der Waals surface area contributed by atoms with Gasteiger partial charge in [0, 0.05) is 4.47 Å². The van der Waals surface area contributed by atoms with E-state index in [1.807, 2.05) is 12.1 Å². The molecule has 19 heavy (non-hydrogen) atoms. The van der Waals surface area contributed by atoms with Crippen molar-refractivity contribution in [1.82, 2.24) is 0 Å². The fraction of sp³-hybridized carbons (Fsp3) is 0.0588. The number of fused-ring (bicyclic) bond motifs is 1. The first-order chi connectivity index (χ1) is 9.29. The van der Waals surface area contributed by atoms with Gasteiger partial charge in [0.1, 0.15) is 5.75 Å². The predicted octanol–water partition coefficient (Wildman–Crippen LogP) is 5.28. The van der Waals surface area contributed by atoms with E-state index in [1.54, 1.807) is 7.11 Å². The number of hydrogen-bond donors (Lipinski definition) is 0. The van der Waals surface area contributed by atoms with Crippen LogP contribution in [0.25, 0.3) is 21.9 Å². The molecule has 0 aliphatic rings. The summed E-state index contributed by atoms with van der Waals surface area (Å²) in [6.45, 7) is 0. The molecule has 2 heteroatoms. The Morgan fingerprint density at radius 1 is 0.789 bits per heavy atom. The lowest BCUT2D eigenvalue weighted by atomic mass is 9.98. The predicted molar refractivity (Wildman–Crippen MR) is 83.6 cm³/mol. The van der Waals surface area contributed by atoms with Gasteiger partial charge in [-0.1, -0.05) is 58.4 Å². The SMILES string of the molecule is COc1ccc(-c2cccc3c(Br)cccc23)cc1. The molecule has 0 saturated carbocycles. The van der Waals surface area contributed by atoms with Crippen molar-refractivity contribution in [1.29, 1.82) is 0 Å². The molecule has 0 N–H and O–H groups in total. The van der Waals surface area contributed by atoms with Gasteiger partial charge in [0.05, 0.1) is 7.11 Å². The van der Waals surface area contributed by atoms with Crippen molar-refractivity contribution in [2.24, 2.45) is 0 Å². The quantitative estimate of drug-likeness (QED) is 0.625. The molecular weight excluding hydrogens is 300 g/mol. The Kier molecular flexibility index (Phi) is 3.26. The van der Waals surface area contributed by atoms with Crippen LogP contribution < -0.4 is 4.74 Å². The zero-order chi connectivity index (χ0) is 13.2. The summed E-state index contributed by atoms with van der Waals surface area (Å²) in [6, 6.07) is 20.8. The molecule has 0 saturated heterocycles. The lowest BCUT2D eigenvalue weighted by Gasteiger charge is -2.09. The molecule has 0 aliphatic carbocycles. The highest BCUT2D eigenvalue weighted by Gasteiger charge is 2.05. The van der Waals surface area contributed by atoms with E-state index in [4.69, 9.17) is 4.74 Å². The van der Waals surface area contributed by atoms with Crippen molar-refractivity contribution in [3.8, 4) is 16.9 Å². The van der Waals surface area contributed by atoms with Gasteiger partial charge < -0.3 is 4.74 Å². The number of ether oxygens (including phenoxy) is 1. The van der Waals surface area contributed by atoms with Gasteiger partial charge in [0.2, 0.25) is 0 Å². The van der Waals surface area contributed by atoms with Crippen molar-refractivity contribution in [2.45, 2.75) is 0 Å². The Labute approximate surface area is 121 Å². The Hall–Kier alpha value is -1.80. The standard InChI is InChI=1S/C17H13BrO/c1-19-13-10-8-12(9-11-13)14-4-2-6-16-15(14)5-3-7-17(16)18/h2-11H,1H3. The summed E-state index contributed by atoms with van der Waals surface area (Å²) in [4.78, 5) is 0. The summed E-state index contributed by atoms with van der Waals surface area (Å²) >= 11 is 3.61. The molecule has 0 fully saturated rings. The van der Waals surface area contributed by atoms with Gasteiger partial charge in [-0.15, -0.1) is 0 Å². The third-order valence-electron chi connectivity index (χ3n) is 3.27. The molecule has 3 rings (SSSR count). The minimum Gasteiger partial charge on any atom is -0.497 e. The fourth-order valence-electron chi connectivity index (χ4n) is 2.29. The second-order valence-electron chi connectivity index (χ2n) is 4.37.